The highest BCUT2D eigenvalue weighted by Crippen LogP contribution is 2.22. The average Bonchev–Trinajstić information content (AvgIpc) is 2.35. The van der Waals surface area contributed by atoms with Crippen LogP contribution in [0.2, 0.25) is 0 Å². The first-order valence-electron chi connectivity index (χ1n) is 5.62. The van der Waals surface area contributed by atoms with Crippen LogP contribution in [0.15, 0.2) is 17.0 Å². The molecule has 4 nitrogen and oxygen atoms in total. The molecule has 0 radical (unpaired) electrons. The quantitative estimate of drug-likeness (QED) is 0.596. The van der Waals surface area contributed by atoms with Gasteiger partial charge in [-0.25, -0.2) is 21.9 Å². The number of nitrogen functional groups attached to an aromatic ring is 1. The van der Waals surface area contributed by atoms with Crippen LogP contribution in [-0.4, -0.2) is 27.0 Å². The second-order valence-electron chi connectivity index (χ2n) is 3.87. The fraction of sp³-hybridized carbons (Fsp3) is 0.455. The number of thioether (sulfide) groups is 1. The third kappa shape index (κ3) is 4.32. The molecular formula is C11H16F2N2O2S2. The van der Waals surface area contributed by atoms with Crippen molar-refractivity contribution in [3.63, 3.8) is 0 Å². The van der Waals surface area contributed by atoms with Crippen LogP contribution >= 0.6 is 11.8 Å². The monoisotopic (exact) mass is 310 g/mol. The maximum atomic E-state index is 13.6. The number of hydrogen-bond acceptors (Lipinski definition) is 4. The van der Waals surface area contributed by atoms with Gasteiger partial charge in [0.05, 0.1) is 0 Å². The second-order valence-corrected chi connectivity index (χ2v) is 6.59. The summed E-state index contributed by atoms with van der Waals surface area (Å²) >= 11 is 1.67. The third-order valence-corrected chi connectivity index (χ3v) is 4.62. The second kappa shape index (κ2) is 7.06. The molecule has 1 rings (SSSR count). The van der Waals surface area contributed by atoms with Crippen molar-refractivity contribution in [1.29, 1.82) is 0 Å². The summed E-state index contributed by atoms with van der Waals surface area (Å²) in [7, 11) is -4.00. The molecule has 0 bridgehead atoms. The molecule has 0 amide bonds. The fourth-order valence-electron chi connectivity index (χ4n) is 1.41. The first-order valence-corrected chi connectivity index (χ1v) is 8.50. The highest BCUT2D eigenvalue weighted by Gasteiger charge is 2.21. The van der Waals surface area contributed by atoms with Crippen LogP contribution in [0.5, 0.6) is 0 Å². The first kappa shape index (κ1) is 16.2. The van der Waals surface area contributed by atoms with E-state index in [9.17, 15) is 17.2 Å². The van der Waals surface area contributed by atoms with E-state index in [1.54, 1.807) is 11.8 Å². The summed E-state index contributed by atoms with van der Waals surface area (Å²) in [6.45, 7) is 0.208. The average molecular weight is 310 g/mol. The standard InChI is InChI=1S/C11H16F2N2O2S2/c1-18-7-3-2-6-15-19(16,17)9-5-4-8(12)11(14)10(9)13/h4-5,15H,2-3,6-7,14H2,1H3. The highest BCUT2D eigenvalue weighted by atomic mass is 32.2. The lowest BCUT2D eigenvalue weighted by molar-refractivity contribution is 0.547. The molecule has 0 aromatic heterocycles. The van der Waals surface area contributed by atoms with Gasteiger partial charge in [0.25, 0.3) is 0 Å². The zero-order valence-electron chi connectivity index (χ0n) is 10.4. The summed E-state index contributed by atoms with van der Waals surface area (Å²) in [6.07, 6.45) is 3.47. The first-order chi connectivity index (χ1) is 8.90. The number of benzene rings is 1. The molecule has 0 unspecified atom stereocenters. The Kier molecular flexibility index (Phi) is 6.02. The highest BCUT2D eigenvalue weighted by molar-refractivity contribution is 7.98. The Bertz CT molecular complexity index is 536. The Morgan fingerprint density at radius 2 is 2.00 bits per heavy atom. The van der Waals surface area contributed by atoms with Crippen LogP contribution in [0, 0.1) is 11.6 Å². The van der Waals surface area contributed by atoms with Crippen molar-refractivity contribution in [3.05, 3.63) is 23.8 Å². The minimum atomic E-state index is -4.00. The molecule has 0 fully saturated rings. The molecule has 108 valence electrons. The lowest BCUT2D eigenvalue weighted by atomic mass is 10.3. The minimum Gasteiger partial charge on any atom is -0.394 e. The van der Waals surface area contributed by atoms with Gasteiger partial charge in [0, 0.05) is 6.54 Å². The van der Waals surface area contributed by atoms with Gasteiger partial charge in [-0.3, -0.25) is 0 Å². The number of sulfonamides is 1. The van der Waals surface area contributed by atoms with Crippen LogP contribution in [0.25, 0.3) is 0 Å². The van der Waals surface area contributed by atoms with Gasteiger partial charge in [0.15, 0.2) is 5.82 Å². The number of rotatable bonds is 7. The third-order valence-electron chi connectivity index (χ3n) is 2.45. The molecule has 0 saturated carbocycles. The minimum absolute atomic E-state index is 0.208. The maximum Gasteiger partial charge on any atom is 0.243 e. The van der Waals surface area contributed by atoms with Gasteiger partial charge in [-0.2, -0.15) is 11.8 Å². The molecule has 19 heavy (non-hydrogen) atoms. The van der Waals surface area contributed by atoms with E-state index in [0.29, 0.717) is 6.42 Å². The van der Waals surface area contributed by atoms with Gasteiger partial charge in [-0.1, -0.05) is 0 Å². The van der Waals surface area contributed by atoms with E-state index >= 15 is 0 Å². The Labute approximate surface area is 115 Å². The molecule has 0 heterocycles. The van der Waals surface area contributed by atoms with E-state index in [4.69, 9.17) is 5.73 Å². The number of nitrogens with one attached hydrogen (secondary N) is 1. The van der Waals surface area contributed by atoms with E-state index in [1.165, 1.54) is 0 Å². The summed E-state index contributed by atoms with van der Waals surface area (Å²) < 4.78 is 52.5. The molecule has 0 aliphatic rings. The Morgan fingerprint density at radius 3 is 2.63 bits per heavy atom. The van der Waals surface area contributed by atoms with Crippen LogP contribution in [0.4, 0.5) is 14.5 Å². The lowest BCUT2D eigenvalue weighted by Crippen LogP contribution is -2.26. The summed E-state index contributed by atoms with van der Waals surface area (Å²) in [5.41, 5.74) is 4.34. The summed E-state index contributed by atoms with van der Waals surface area (Å²) in [5, 5.41) is 0. The van der Waals surface area contributed by atoms with Crippen molar-refractivity contribution in [2.45, 2.75) is 17.7 Å². The molecule has 0 spiro atoms. The normalized spacial score (nSPS) is 11.7. The molecular weight excluding hydrogens is 294 g/mol. The van der Waals surface area contributed by atoms with Crippen molar-refractivity contribution in [1.82, 2.24) is 4.72 Å². The zero-order chi connectivity index (χ0) is 14.5. The fourth-order valence-corrected chi connectivity index (χ4v) is 3.07. The van der Waals surface area contributed by atoms with Crippen molar-refractivity contribution in [3.8, 4) is 0 Å². The molecule has 1 aromatic carbocycles. The Hall–Kier alpha value is -0.860. The summed E-state index contributed by atoms with van der Waals surface area (Å²) in [5.74, 6) is -1.30. The predicted octanol–water partition coefficient (Wildman–Crippen LogP) is 1.97. The maximum absolute atomic E-state index is 13.6. The SMILES string of the molecule is CSCCCCNS(=O)(=O)c1ccc(F)c(N)c1F. The molecule has 0 saturated heterocycles. The van der Waals surface area contributed by atoms with Gasteiger partial charge in [-0.05, 0) is 37.0 Å². The van der Waals surface area contributed by atoms with Gasteiger partial charge >= 0.3 is 0 Å². The Morgan fingerprint density at radius 1 is 1.32 bits per heavy atom. The smallest absolute Gasteiger partial charge is 0.243 e. The zero-order valence-corrected chi connectivity index (χ0v) is 12.1. The molecule has 0 atom stereocenters. The van der Waals surface area contributed by atoms with E-state index in [2.05, 4.69) is 4.72 Å². The largest absolute Gasteiger partial charge is 0.394 e. The van der Waals surface area contributed by atoms with Crippen molar-refractivity contribution in [2.75, 3.05) is 24.3 Å². The number of anilines is 1. The topological polar surface area (TPSA) is 72.2 Å². The van der Waals surface area contributed by atoms with Gasteiger partial charge in [0.2, 0.25) is 10.0 Å². The van der Waals surface area contributed by atoms with Crippen LogP contribution in [-0.2, 0) is 10.0 Å². The van der Waals surface area contributed by atoms with E-state index in [-0.39, 0.29) is 6.54 Å². The molecule has 0 aliphatic carbocycles. The van der Waals surface area contributed by atoms with Crippen molar-refractivity contribution in [2.24, 2.45) is 0 Å². The van der Waals surface area contributed by atoms with Crippen LogP contribution < -0.4 is 10.5 Å². The Balaban J connectivity index is 2.75. The number of halogens is 2. The number of hydrogen-bond donors (Lipinski definition) is 2. The van der Waals surface area contributed by atoms with Crippen molar-refractivity contribution >= 4 is 27.5 Å². The van der Waals surface area contributed by atoms with Crippen LogP contribution in [0.1, 0.15) is 12.8 Å². The number of nitrogens with two attached hydrogens (primary N) is 1. The van der Waals surface area contributed by atoms with E-state index < -0.39 is 32.2 Å². The van der Waals surface area contributed by atoms with E-state index in [1.807, 2.05) is 6.26 Å². The number of unbranched alkanes of at least 4 members (excludes halogenated alkanes) is 1. The molecule has 0 aliphatic heterocycles. The summed E-state index contributed by atoms with van der Waals surface area (Å²) in [6, 6.07) is 1.70. The molecule has 1 aromatic rings. The summed E-state index contributed by atoms with van der Waals surface area (Å²) in [4.78, 5) is -0.628. The lowest BCUT2D eigenvalue weighted by Gasteiger charge is -2.09. The van der Waals surface area contributed by atoms with Gasteiger partial charge in [0.1, 0.15) is 16.4 Å². The van der Waals surface area contributed by atoms with Crippen LogP contribution in [0.3, 0.4) is 0 Å². The predicted molar refractivity (Wildman–Crippen MR) is 73.6 cm³/mol. The van der Waals surface area contributed by atoms with Crippen molar-refractivity contribution < 1.29 is 17.2 Å². The van der Waals surface area contributed by atoms with Gasteiger partial charge < -0.3 is 5.73 Å². The van der Waals surface area contributed by atoms with Gasteiger partial charge in [-0.15, -0.1) is 0 Å². The van der Waals surface area contributed by atoms with E-state index in [0.717, 1.165) is 24.3 Å². The molecule has 3 N–H and O–H groups in total. The molecule has 8 heteroatoms.